The highest BCUT2D eigenvalue weighted by Gasteiger charge is 2.17. The van der Waals surface area contributed by atoms with Crippen LogP contribution in [-0.4, -0.2) is 0 Å². The zero-order valence-electron chi connectivity index (χ0n) is 25.6. The van der Waals surface area contributed by atoms with Crippen molar-refractivity contribution < 1.29 is 4.42 Å². The van der Waals surface area contributed by atoms with E-state index in [1.165, 1.54) is 71.1 Å². The smallest absolute Gasteiger partial charge is 0.143 e. The molecule has 0 fully saturated rings. The topological polar surface area (TPSA) is 13.1 Å². The molecular formula is C46H28O. The molecule has 1 nitrogen and oxygen atoms in total. The van der Waals surface area contributed by atoms with Gasteiger partial charge in [-0.05, 0) is 101 Å². The van der Waals surface area contributed by atoms with Crippen LogP contribution in [0, 0.1) is 0 Å². The monoisotopic (exact) mass is 596 g/mol. The molecule has 0 radical (unpaired) electrons. The number of rotatable bonds is 3. The van der Waals surface area contributed by atoms with E-state index in [4.69, 9.17) is 4.42 Å². The van der Waals surface area contributed by atoms with E-state index >= 15 is 0 Å². The van der Waals surface area contributed by atoms with E-state index in [2.05, 4.69) is 170 Å². The van der Waals surface area contributed by atoms with Crippen LogP contribution in [0.25, 0.3) is 98.4 Å². The third-order valence-corrected chi connectivity index (χ3v) is 9.80. The molecule has 0 aliphatic carbocycles. The van der Waals surface area contributed by atoms with Crippen molar-refractivity contribution in [3.63, 3.8) is 0 Å². The normalized spacial score (nSPS) is 11.8. The third-order valence-electron chi connectivity index (χ3n) is 9.80. The van der Waals surface area contributed by atoms with E-state index in [1.54, 1.807) is 0 Å². The van der Waals surface area contributed by atoms with Gasteiger partial charge in [0.05, 0.1) is 0 Å². The summed E-state index contributed by atoms with van der Waals surface area (Å²) in [5.41, 5.74) is 9.23. The van der Waals surface area contributed by atoms with E-state index in [0.717, 1.165) is 27.3 Å². The molecule has 10 rings (SSSR count). The average Bonchev–Trinajstić information content (AvgIpc) is 3.51. The Hall–Kier alpha value is -6.18. The lowest BCUT2D eigenvalue weighted by atomic mass is 9.85. The summed E-state index contributed by atoms with van der Waals surface area (Å²) >= 11 is 0. The van der Waals surface area contributed by atoms with Crippen molar-refractivity contribution in [3.05, 3.63) is 170 Å². The number of hydrogen-bond acceptors (Lipinski definition) is 1. The minimum atomic E-state index is 0.927. The van der Waals surface area contributed by atoms with Gasteiger partial charge in [0.25, 0.3) is 0 Å². The lowest BCUT2D eigenvalue weighted by molar-refractivity contribution is 0.673. The molecular weight excluding hydrogens is 569 g/mol. The van der Waals surface area contributed by atoms with Gasteiger partial charge in [0, 0.05) is 16.2 Å². The first kappa shape index (κ1) is 26.1. The summed E-state index contributed by atoms with van der Waals surface area (Å²) < 4.78 is 6.60. The van der Waals surface area contributed by atoms with Crippen LogP contribution in [0.2, 0.25) is 0 Å². The van der Waals surface area contributed by atoms with E-state index in [0.29, 0.717) is 0 Å². The van der Waals surface area contributed by atoms with Crippen molar-refractivity contribution in [1.29, 1.82) is 0 Å². The predicted molar refractivity (Wildman–Crippen MR) is 200 cm³/mol. The molecule has 1 heteroatoms. The number of hydrogen-bond donors (Lipinski definition) is 0. The second kappa shape index (κ2) is 10.2. The molecule has 1 heterocycles. The first-order chi connectivity index (χ1) is 23.3. The molecule has 0 N–H and O–H groups in total. The standard InChI is InChI=1S/C46H28O/c1-2-11-30(12-3-1)44-36-17-6-8-19-38(36)45(39-20-9-7-18-37(39)44)35-16-10-15-31(25-35)34-22-21-29-23-24-40-42-27-32-13-4-5-14-33(32)28-43(42)47-46(40)41(29)26-34/h1-28H. The van der Waals surface area contributed by atoms with Gasteiger partial charge in [0.1, 0.15) is 11.2 Å². The summed E-state index contributed by atoms with van der Waals surface area (Å²) in [7, 11) is 0. The second-order valence-corrected chi connectivity index (χ2v) is 12.5. The molecule has 218 valence electrons. The molecule has 0 saturated heterocycles. The van der Waals surface area contributed by atoms with E-state index in [1.807, 2.05) is 0 Å². The van der Waals surface area contributed by atoms with Crippen molar-refractivity contribution in [3.8, 4) is 33.4 Å². The maximum atomic E-state index is 6.60. The van der Waals surface area contributed by atoms with Gasteiger partial charge >= 0.3 is 0 Å². The summed E-state index contributed by atoms with van der Waals surface area (Å²) in [6, 6.07) is 61.6. The number of benzene rings is 9. The molecule has 10 aromatic rings. The van der Waals surface area contributed by atoms with Crippen molar-refractivity contribution in [2.24, 2.45) is 0 Å². The molecule has 9 aromatic carbocycles. The molecule has 0 atom stereocenters. The van der Waals surface area contributed by atoms with E-state index in [9.17, 15) is 0 Å². The Bertz CT molecular complexity index is 2780. The van der Waals surface area contributed by atoms with Crippen molar-refractivity contribution in [2.75, 3.05) is 0 Å². The van der Waals surface area contributed by atoms with Gasteiger partial charge in [-0.2, -0.15) is 0 Å². The quantitative estimate of drug-likeness (QED) is 0.185. The van der Waals surface area contributed by atoms with Crippen LogP contribution in [-0.2, 0) is 0 Å². The zero-order valence-corrected chi connectivity index (χ0v) is 25.6. The first-order valence-electron chi connectivity index (χ1n) is 16.2. The molecule has 0 aliphatic rings. The SMILES string of the molecule is c1ccc(-c2c3ccccc3c(-c3cccc(-c4ccc5ccc6c7cc8ccccc8cc7oc6c5c4)c3)c3ccccc23)cc1. The predicted octanol–water partition coefficient (Wildman–Crippen LogP) is 13.2. The summed E-state index contributed by atoms with van der Waals surface area (Å²) in [5.74, 6) is 0. The highest BCUT2D eigenvalue weighted by molar-refractivity contribution is 6.22. The lowest BCUT2D eigenvalue weighted by Crippen LogP contribution is -1.91. The molecule has 0 saturated carbocycles. The zero-order chi connectivity index (χ0) is 30.9. The number of furan rings is 1. The fraction of sp³-hybridized carbons (Fsp3) is 0. The largest absolute Gasteiger partial charge is 0.455 e. The average molecular weight is 597 g/mol. The van der Waals surface area contributed by atoms with Gasteiger partial charge in [-0.1, -0.05) is 140 Å². The highest BCUT2D eigenvalue weighted by atomic mass is 16.3. The Kier molecular flexibility index (Phi) is 5.64. The summed E-state index contributed by atoms with van der Waals surface area (Å²) in [5, 5.41) is 12.1. The maximum Gasteiger partial charge on any atom is 0.143 e. The van der Waals surface area contributed by atoms with Crippen LogP contribution in [0.3, 0.4) is 0 Å². The van der Waals surface area contributed by atoms with Crippen molar-refractivity contribution in [1.82, 2.24) is 0 Å². The third kappa shape index (κ3) is 4.03. The van der Waals surface area contributed by atoms with Crippen LogP contribution >= 0.6 is 0 Å². The minimum Gasteiger partial charge on any atom is -0.455 e. The van der Waals surface area contributed by atoms with Gasteiger partial charge in [0.2, 0.25) is 0 Å². The van der Waals surface area contributed by atoms with Crippen LogP contribution in [0.5, 0.6) is 0 Å². The Morgan fingerprint density at radius 3 is 1.55 bits per heavy atom. The highest BCUT2D eigenvalue weighted by Crippen LogP contribution is 2.44. The van der Waals surface area contributed by atoms with E-state index < -0.39 is 0 Å². The first-order valence-corrected chi connectivity index (χ1v) is 16.2. The molecule has 1 aromatic heterocycles. The maximum absolute atomic E-state index is 6.60. The second-order valence-electron chi connectivity index (χ2n) is 12.5. The molecule has 0 bridgehead atoms. The van der Waals surface area contributed by atoms with Crippen LogP contribution in [0.15, 0.2) is 174 Å². The van der Waals surface area contributed by atoms with Crippen LogP contribution in [0.1, 0.15) is 0 Å². The van der Waals surface area contributed by atoms with Gasteiger partial charge in [0.15, 0.2) is 0 Å². The molecule has 47 heavy (non-hydrogen) atoms. The van der Waals surface area contributed by atoms with Gasteiger partial charge < -0.3 is 4.42 Å². The Balaban J connectivity index is 1.18. The summed E-state index contributed by atoms with van der Waals surface area (Å²) in [6.45, 7) is 0. The summed E-state index contributed by atoms with van der Waals surface area (Å²) in [4.78, 5) is 0. The van der Waals surface area contributed by atoms with Gasteiger partial charge in [-0.15, -0.1) is 0 Å². The number of fused-ring (bicyclic) bond motifs is 8. The Morgan fingerprint density at radius 1 is 0.277 bits per heavy atom. The van der Waals surface area contributed by atoms with Crippen LogP contribution < -0.4 is 0 Å². The molecule has 0 aliphatic heterocycles. The summed E-state index contributed by atoms with van der Waals surface area (Å²) in [6.07, 6.45) is 0. The Morgan fingerprint density at radius 2 is 0.830 bits per heavy atom. The van der Waals surface area contributed by atoms with Crippen LogP contribution in [0.4, 0.5) is 0 Å². The minimum absolute atomic E-state index is 0.927. The van der Waals surface area contributed by atoms with Crippen molar-refractivity contribution >= 4 is 65.0 Å². The molecule has 0 amide bonds. The van der Waals surface area contributed by atoms with Crippen molar-refractivity contribution in [2.45, 2.75) is 0 Å². The van der Waals surface area contributed by atoms with Gasteiger partial charge in [-0.3, -0.25) is 0 Å². The molecule has 0 spiro atoms. The lowest BCUT2D eigenvalue weighted by Gasteiger charge is -2.18. The fourth-order valence-electron chi connectivity index (χ4n) is 7.63. The molecule has 0 unspecified atom stereocenters. The Labute approximate surface area is 271 Å². The fourth-order valence-corrected chi connectivity index (χ4v) is 7.63. The van der Waals surface area contributed by atoms with Gasteiger partial charge in [-0.25, -0.2) is 0 Å². The van der Waals surface area contributed by atoms with E-state index in [-0.39, 0.29) is 0 Å².